The third kappa shape index (κ3) is 1.19. The van der Waals surface area contributed by atoms with E-state index in [9.17, 15) is 0 Å². The van der Waals surface area contributed by atoms with Crippen LogP contribution < -0.4 is 0 Å². The second-order valence-electron chi connectivity index (χ2n) is 3.05. The Morgan fingerprint density at radius 1 is 1.55 bits per heavy atom. The first-order valence-electron chi connectivity index (χ1n) is 4.13. The Hall–Kier alpha value is -0.725. The van der Waals surface area contributed by atoms with Crippen molar-refractivity contribution in [2.24, 2.45) is 0 Å². The van der Waals surface area contributed by atoms with Crippen LogP contribution in [0.4, 0.5) is 0 Å². The smallest absolute Gasteiger partial charge is 0.139 e. The number of hydrogen-bond donors (Lipinski definition) is 0. The van der Waals surface area contributed by atoms with E-state index in [-0.39, 0.29) is 0 Å². The van der Waals surface area contributed by atoms with Crippen molar-refractivity contribution in [2.75, 3.05) is 0 Å². The van der Waals surface area contributed by atoms with Crippen LogP contribution in [0.3, 0.4) is 0 Å². The summed E-state index contributed by atoms with van der Waals surface area (Å²) in [5, 5.41) is 3.94. The van der Waals surface area contributed by atoms with E-state index in [2.05, 4.69) is 12.4 Å². The van der Waals surface area contributed by atoms with E-state index in [1.54, 1.807) is 0 Å². The highest BCUT2D eigenvalue weighted by molar-refractivity contribution is 6.35. The molecule has 1 aliphatic rings. The topological polar surface area (TPSA) is 26.0 Å². The predicted octanol–water partition coefficient (Wildman–Crippen LogP) is 1.55. The lowest BCUT2D eigenvalue weighted by Gasteiger charge is -1.92. The normalized spacial score (nSPS) is 16.8. The minimum atomic E-state index is 1.05. The van der Waals surface area contributed by atoms with Crippen LogP contribution in [0.1, 0.15) is 23.4 Å². The zero-order valence-corrected chi connectivity index (χ0v) is 6.76. The maximum atomic E-state index is 5.20. The molecule has 0 spiro atoms. The van der Waals surface area contributed by atoms with Gasteiger partial charge in [0.2, 0.25) is 0 Å². The van der Waals surface area contributed by atoms with Crippen molar-refractivity contribution in [1.29, 1.82) is 0 Å². The number of fused-ring (bicyclic) bond motifs is 1. The van der Waals surface area contributed by atoms with Crippen molar-refractivity contribution in [3.05, 3.63) is 17.0 Å². The molecule has 0 unspecified atom stereocenters. The van der Waals surface area contributed by atoms with Gasteiger partial charge in [0, 0.05) is 12.0 Å². The molecule has 0 fully saturated rings. The van der Waals surface area contributed by atoms with Gasteiger partial charge in [-0.05, 0) is 6.92 Å². The standard InChI is InChI=1S/C8H11BNO/c1-6-7-5-9-4-2-3-8(7)11-10-6/h2-5H2,1H3. The van der Waals surface area contributed by atoms with Crippen molar-refractivity contribution in [2.45, 2.75) is 32.4 Å². The minimum Gasteiger partial charge on any atom is -0.361 e. The van der Waals surface area contributed by atoms with Crippen molar-refractivity contribution in [3.63, 3.8) is 0 Å². The Kier molecular flexibility index (Phi) is 1.72. The lowest BCUT2D eigenvalue weighted by molar-refractivity contribution is 0.378. The van der Waals surface area contributed by atoms with Crippen molar-refractivity contribution >= 4 is 7.28 Å². The van der Waals surface area contributed by atoms with Crippen LogP contribution >= 0.6 is 0 Å². The summed E-state index contributed by atoms with van der Waals surface area (Å²) in [5.41, 5.74) is 2.39. The Labute approximate surface area is 67.2 Å². The Morgan fingerprint density at radius 2 is 2.45 bits per heavy atom. The molecule has 0 amide bonds. The van der Waals surface area contributed by atoms with Crippen molar-refractivity contribution < 1.29 is 4.52 Å². The number of rotatable bonds is 0. The van der Waals surface area contributed by atoms with Crippen LogP contribution in [0.5, 0.6) is 0 Å². The van der Waals surface area contributed by atoms with Gasteiger partial charge in [-0.2, -0.15) is 0 Å². The Morgan fingerprint density at radius 3 is 3.36 bits per heavy atom. The number of aromatic nitrogens is 1. The van der Waals surface area contributed by atoms with E-state index >= 15 is 0 Å². The fraction of sp³-hybridized carbons (Fsp3) is 0.625. The number of nitrogens with zero attached hydrogens (tertiary/aromatic N) is 1. The lowest BCUT2D eigenvalue weighted by Crippen LogP contribution is -1.94. The molecule has 0 bridgehead atoms. The SMILES string of the molecule is Cc1noc2c1C[B]CCC2. The summed E-state index contributed by atoms with van der Waals surface area (Å²) >= 11 is 0. The maximum absolute atomic E-state index is 5.20. The average molecular weight is 148 g/mol. The van der Waals surface area contributed by atoms with Gasteiger partial charge in [0.25, 0.3) is 0 Å². The Bertz CT molecular complexity index is 257. The first-order valence-corrected chi connectivity index (χ1v) is 4.13. The summed E-state index contributed by atoms with van der Waals surface area (Å²) in [6.45, 7) is 2.02. The van der Waals surface area contributed by atoms with Crippen LogP contribution in [0.2, 0.25) is 6.32 Å². The molecule has 2 heterocycles. The van der Waals surface area contributed by atoms with E-state index in [0.717, 1.165) is 24.2 Å². The fourth-order valence-electron chi connectivity index (χ4n) is 1.55. The van der Waals surface area contributed by atoms with Crippen LogP contribution in [0, 0.1) is 6.92 Å². The summed E-state index contributed by atoms with van der Waals surface area (Å²) < 4.78 is 5.20. The summed E-state index contributed by atoms with van der Waals surface area (Å²) in [6.07, 6.45) is 4.53. The van der Waals surface area contributed by atoms with E-state index in [1.165, 1.54) is 18.3 Å². The molecule has 1 aromatic heterocycles. The molecule has 0 saturated carbocycles. The van der Waals surface area contributed by atoms with Gasteiger partial charge in [-0.1, -0.05) is 24.2 Å². The van der Waals surface area contributed by atoms with Gasteiger partial charge in [-0.3, -0.25) is 0 Å². The summed E-state index contributed by atoms with van der Waals surface area (Å²) in [4.78, 5) is 0. The monoisotopic (exact) mass is 148 g/mol. The predicted molar refractivity (Wildman–Crippen MR) is 43.8 cm³/mol. The molecule has 57 valence electrons. The van der Waals surface area contributed by atoms with Gasteiger partial charge < -0.3 is 4.52 Å². The molecule has 1 radical (unpaired) electrons. The highest BCUT2D eigenvalue weighted by atomic mass is 16.5. The maximum Gasteiger partial charge on any atom is 0.139 e. The quantitative estimate of drug-likeness (QED) is 0.521. The van der Waals surface area contributed by atoms with E-state index < -0.39 is 0 Å². The van der Waals surface area contributed by atoms with Gasteiger partial charge in [-0.25, -0.2) is 0 Å². The van der Waals surface area contributed by atoms with E-state index in [4.69, 9.17) is 4.52 Å². The van der Waals surface area contributed by atoms with Gasteiger partial charge >= 0.3 is 0 Å². The largest absolute Gasteiger partial charge is 0.361 e. The van der Waals surface area contributed by atoms with Crippen molar-refractivity contribution in [3.8, 4) is 0 Å². The lowest BCUT2D eigenvalue weighted by atomic mass is 9.69. The molecular formula is C8H11BNO. The van der Waals surface area contributed by atoms with Gasteiger partial charge in [0.15, 0.2) is 0 Å². The Balaban J connectivity index is 2.35. The minimum absolute atomic E-state index is 1.05. The zero-order valence-electron chi connectivity index (χ0n) is 6.76. The van der Waals surface area contributed by atoms with E-state index in [1.807, 2.05) is 6.92 Å². The zero-order chi connectivity index (χ0) is 7.68. The molecule has 3 heteroatoms. The summed E-state index contributed by atoms with van der Waals surface area (Å²) in [5.74, 6) is 1.11. The van der Waals surface area contributed by atoms with Gasteiger partial charge in [0.05, 0.1) is 5.69 Å². The molecule has 1 aliphatic heterocycles. The number of hydrogen-bond acceptors (Lipinski definition) is 2. The van der Waals surface area contributed by atoms with Crippen LogP contribution in [-0.4, -0.2) is 12.4 Å². The molecular weight excluding hydrogens is 137 g/mol. The molecule has 0 N–H and O–H groups in total. The van der Waals surface area contributed by atoms with Crippen LogP contribution in [0.15, 0.2) is 4.52 Å². The highest BCUT2D eigenvalue weighted by Crippen LogP contribution is 2.19. The molecule has 2 rings (SSSR count). The summed E-state index contributed by atoms with van der Waals surface area (Å²) in [6, 6.07) is 0. The van der Waals surface area contributed by atoms with Gasteiger partial charge in [-0.15, -0.1) is 0 Å². The second-order valence-corrected chi connectivity index (χ2v) is 3.05. The molecule has 0 atom stereocenters. The third-order valence-electron chi connectivity index (χ3n) is 2.23. The first-order chi connectivity index (χ1) is 5.38. The van der Waals surface area contributed by atoms with Gasteiger partial charge in [0.1, 0.15) is 13.0 Å². The fourth-order valence-corrected chi connectivity index (χ4v) is 1.55. The molecule has 1 aromatic rings. The summed E-state index contributed by atoms with van der Waals surface area (Å²) in [7, 11) is 2.32. The number of aryl methyl sites for hydroxylation is 2. The molecule has 0 aromatic carbocycles. The van der Waals surface area contributed by atoms with Crippen LogP contribution in [0.25, 0.3) is 0 Å². The average Bonchev–Trinajstić information content (AvgIpc) is 2.25. The molecule has 2 nitrogen and oxygen atoms in total. The first kappa shape index (κ1) is 6.95. The van der Waals surface area contributed by atoms with Crippen molar-refractivity contribution in [1.82, 2.24) is 5.16 Å². The van der Waals surface area contributed by atoms with Crippen LogP contribution in [-0.2, 0) is 12.7 Å². The van der Waals surface area contributed by atoms with E-state index in [0.29, 0.717) is 0 Å². The molecule has 11 heavy (non-hydrogen) atoms. The highest BCUT2D eigenvalue weighted by Gasteiger charge is 2.15. The third-order valence-corrected chi connectivity index (χ3v) is 2.23. The second kappa shape index (κ2) is 2.72. The molecule has 0 aliphatic carbocycles. The molecule has 0 saturated heterocycles.